The summed E-state index contributed by atoms with van der Waals surface area (Å²) in [7, 11) is 0. The molecule has 0 aromatic carbocycles. The number of hydrogen-bond donors (Lipinski definition) is 3. The lowest BCUT2D eigenvalue weighted by atomic mass is 9.76. The number of rotatable bonds is 4. The molecule has 0 spiro atoms. The number of aliphatic carboxylic acids is 1. The number of hydrazine groups is 1. The van der Waals surface area contributed by atoms with Crippen molar-refractivity contribution in [2.45, 2.75) is 18.3 Å². The van der Waals surface area contributed by atoms with Crippen LogP contribution >= 0.6 is 0 Å². The second kappa shape index (κ2) is 4.06. The summed E-state index contributed by atoms with van der Waals surface area (Å²) < 4.78 is 50.6. The van der Waals surface area contributed by atoms with Gasteiger partial charge >= 0.3 is 17.8 Å². The Morgan fingerprint density at radius 3 is 2.35 bits per heavy atom. The lowest BCUT2D eigenvalue weighted by Crippen LogP contribution is -2.61. The number of halogens is 4. The first-order valence-corrected chi connectivity index (χ1v) is 4.55. The summed E-state index contributed by atoms with van der Waals surface area (Å²) in [5.74, 6) is -6.09. The molecule has 0 aromatic rings. The highest BCUT2D eigenvalue weighted by Crippen LogP contribution is 2.55. The summed E-state index contributed by atoms with van der Waals surface area (Å²) in [6.07, 6.45) is -0.288. The minimum Gasteiger partial charge on any atom is -0.477 e. The number of alkyl halides is 4. The summed E-state index contributed by atoms with van der Waals surface area (Å²) >= 11 is 0. The average Bonchev–Trinajstić information content (AvgIpc) is 2.16. The summed E-state index contributed by atoms with van der Waals surface area (Å²) in [6.45, 7) is -0.601. The first-order valence-electron chi connectivity index (χ1n) is 4.55. The van der Waals surface area contributed by atoms with Crippen LogP contribution in [0, 0.1) is 5.92 Å². The maximum Gasteiger partial charge on any atom is 0.353 e. The van der Waals surface area contributed by atoms with E-state index < -0.39 is 42.4 Å². The van der Waals surface area contributed by atoms with Crippen molar-refractivity contribution in [2.24, 2.45) is 17.5 Å². The monoisotopic (exact) mass is 257 g/mol. The van der Waals surface area contributed by atoms with Crippen molar-refractivity contribution in [3.63, 3.8) is 0 Å². The van der Waals surface area contributed by atoms with E-state index in [9.17, 15) is 22.4 Å². The van der Waals surface area contributed by atoms with Gasteiger partial charge in [-0.25, -0.2) is 10.6 Å². The van der Waals surface area contributed by atoms with Gasteiger partial charge in [0.25, 0.3) is 0 Å². The fraction of sp³-hybridized carbons (Fsp3) is 0.625. The van der Waals surface area contributed by atoms with Gasteiger partial charge in [-0.1, -0.05) is 0 Å². The van der Waals surface area contributed by atoms with Gasteiger partial charge in [-0.2, -0.15) is 17.6 Å². The standard InChI is InChI=1S/C8H11F4N3O2/c9-7(10)1-4(8(7,11)12)2-15(14)3-5(13)6(16)17/h3-4H,1-2,13-14H2,(H,16,17)/b5-3-. The fourth-order valence-corrected chi connectivity index (χ4v) is 1.46. The quantitative estimate of drug-likeness (QED) is 0.292. The number of carbonyl (C=O) groups is 1. The van der Waals surface area contributed by atoms with E-state index in [0.717, 1.165) is 0 Å². The van der Waals surface area contributed by atoms with Gasteiger partial charge < -0.3 is 15.8 Å². The zero-order chi connectivity index (χ0) is 13.4. The van der Waals surface area contributed by atoms with Gasteiger partial charge in [-0.3, -0.25) is 0 Å². The van der Waals surface area contributed by atoms with Gasteiger partial charge in [0, 0.05) is 19.2 Å². The minimum absolute atomic E-state index is 0.567. The molecule has 0 bridgehead atoms. The molecule has 5 nitrogen and oxygen atoms in total. The smallest absolute Gasteiger partial charge is 0.353 e. The molecule has 0 aliphatic heterocycles. The third-order valence-corrected chi connectivity index (χ3v) is 2.49. The molecule has 1 rings (SSSR count). The summed E-state index contributed by atoms with van der Waals surface area (Å²) in [5, 5.41) is 8.95. The lowest BCUT2D eigenvalue weighted by Gasteiger charge is -2.44. The van der Waals surface area contributed by atoms with Crippen LogP contribution in [0.1, 0.15) is 6.42 Å². The molecule has 9 heteroatoms. The Morgan fingerprint density at radius 1 is 1.47 bits per heavy atom. The van der Waals surface area contributed by atoms with Crippen LogP contribution in [-0.2, 0) is 4.79 Å². The van der Waals surface area contributed by atoms with Crippen LogP contribution in [0.5, 0.6) is 0 Å². The first-order chi connectivity index (χ1) is 7.58. The molecule has 1 unspecified atom stereocenters. The number of nitrogens with zero attached hydrogens (tertiary/aromatic N) is 1. The van der Waals surface area contributed by atoms with Crippen LogP contribution in [-0.4, -0.2) is 34.5 Å². The van der Waals surface area contributed by atoms with E-state index in [1.54, 1.807) is 0 Å². The molecule has 0 saturated heterocycles. The van der Waals surface area contributed by atoms with Crippen LogP contribution in [0.4, 0.5) is 17.6 Å². The summed E-state index contributed by atoms with van der Waals surface area (Å²) in [4.78, 5) is 10.3. The minimum atomic E-state index is -4.13. The topological polar surface area (TPSA) is 92.6 Å². The van der Waals surface area contributed by atoms with E-state index in [2.05, 4.69) is 0 Å². The Labute approximate surface area is 93.6 Å². The van der Waals surface area contributed by atoms with E-state index in [4.69, 9.17) is 16.7 Å². The summed E-state index contributed by atoms with van der Waals surface area (Å²) in [5.41, 5.74) is 4.31. The SMILES string of the molecule is N/C(=C\N(N)CC1CC(F)(F)C1(F)F)C(=O)O. The highest BCUT2D eigenvalue weighted by atomic mass is 19.3. The van der Waals surface area contributed by atoms with Crippen molar-refractivity contribution in [2.75, 3.05) is 6.54 Å². The van der Waals surface area contributed by atoms with Crippen molar-refractivity contribution >= 4 is 5.97 Å². The molecule has 98 valence electrons. The summed E-state index contributed by atoms with van der Waals surface area (Å²) in [6, 6.07) is 0. The van der Waals surface area contributed by atoms with E-state index in [-0.39, 0.29) is 0 Å². The second-order valence-corrected chi connectivity index (χ2v) is 3.81. The average molecular weight is 257 g/mol. The molecule has 1 aliphatic carbocycles. The van der Waals surface area contributed by atoms with Crippen LogP contribution in [0.15, 0.2) is 11.9 Å². The number of nitrogens with two attached hydrogens (primary N) is 2. The zero-order valence-electron chi connectivity index (χ0n) is 8.54. The second-order valence-electron chi connectivity index (χ2n) is 3.81. The van der Waals surface area contributed by atoms with E-state index in [0.29, 0.717) is 11.2 Å². The largest absolute Gasteiger partial charge is 0.477 e. The van der Waals surface area contributed by atoms with Crippen molar-refractivity contribution < 1.29 is 27.5 Å². The molecule has 1 fully saturated rings. The third kappa shape index (κ3) is 2.43. The Hall–Kier alpha value is -1.51. The van der Waals surface area contributed by atoms with Crippen LogP contribution < -0.4 is 11.6 Å². The fourth-order valence-electron chi connectivity index (χ4n) is 1.46. The Balaban J connectivity index is 2.58. The molecule has 1 saturated carbocycles. The van der Waals surface area contributed by atoms with Gasteiger partial charge in [-0.15, -0.1) is 0 Å². The van der Waals surface area contributed by atoms with Gasteiger partial charge in [0.1, 0.15) is 5.70 Å². The van der Waals surface area contributed by atoms with Gasteiger partial charge in [0.2, 0.25) is 0 Å². The van der Waals surface area contributed by atoms with E-state index in [1.165, 1.54) is 0 Å². The molecule has 1 aliphatic rings. The molecule has 5 N–H and O–H groups in total. The zero-order valence-corrected chi connectivity index (χ0v) is 8.54. The third-order valence-electron chi connectivity index (χ3n) is 2.49. The molecule has 0 aromatic heterocycles. The molecular weight excluding hydrogens is 246 g/mol. The number of hydrogen-bond acceptors (Lipinski definition) is 4. The van der Waals surface area contributed by atoms with Crippen LogP contribution in [0.2, 0.25) is 0 Å². The normalized spacial score (nSPS) is 26.2. The van der Waals surface area contributed by atoms with Crippen molar-refractivity contribution in [3.8, 4) is 0 Å². The molecule has 0 radical (unpaired) electrons. The van der Waals surface area contributed by atoms with Crippen molar-refractivity contribution in [3.05, 3.63) is 11.9 Å². The molecule has 0 heterocycles. The Morgan fingerprint density at radius 2 is 2.00 bits per heavy atom. The molecule has 1 atom stereocenters. The number of carboxylic acids is 1. The van der Waals surface area contributed by atoms with Crippen LogP contribution in [0.25, 0.3) is 0 Å². The van der Waals surface area contributed by atoms with Gasteiger partial charge in [-0.05, 0) is 0 Å². The molecule has 17 heavy (non-hydrogen) atoms. The highest BCUT2D eigenvalue weighted by Gasteiger charge is 2.71. The maximum absolute atomic E-state index is 12.8. The predicted octanol–water partition coefficient (Wildman–Crippen LogP) is 0.337. The predicted molar refractivity (Wildman–Crippen MR) is 48.8 cm³/mol. The Bertz CT molecular complexity index is 359. The number of carboxylic acid groups (broad SMARTS) is 1. The highest BCUT2D eigenvalue weighted by molar-refractivity contribution is 5.85. The van der Waals surface area contributed by atoms with Crippen molar-refractivity contribution in [1.29, 1.82) is 0 Å². The van der Waals surface area contributed by atoms with E-state index in [1.807, 2.05) is 0 Å². The van der Waals surface area contributed by atoms with E-state index >= 15 is 0 Å². The van der Waals surface area contributed by atoms with Gasteiger partial charge in [0.05, 0.1) is 5.92 Å². The Kier molecular flexibility index (Phi) is 3.24. The first kappa shape index (κ1) is 13.6. The molecular formula is C8H11F4N3O2. The van der Waals surface area contributed by atoms with Crippen LogP contribution in [0.3, 0.4) is 0 Å². The van der Waals surface area contributed by atoms with Crippen molar-refractivity contribution in [1.82, 2.24) is 5.01 Å². The molecule has 0 amide bonds. The maximum atomic E-state index is 12.8. The van der Waals surface area contributed by atoms with Gasteiger partial charge in [0.15, 0.2) is 0 Å². The lowest BCUT2D eigenvalue weighted by molar-refractivity contribution is -0.315.